The number of ketones is 1. The molecule has 0 bridgehead atoms. The topological polar surface area (TPSA) is 26.3 Å². The monoisotopic (exact) mass is 334 g/mol. The number of benzene rings is 2. The number of carbonyl (C=O) groups is 1. The Bertz CT molecular complexity index is 761. The van der Waals surface area contributed by atoms with E-state index in [9.17, 15) is 18.0 Å². The molecule has 0 N–H and O–H groups in total. The quantitative estimate of drug-likeness (QED) is 0.688. The lowest BCUT2D eigenvalue weighted by Crippen LogP contribution is -2.07. The first kappa shape index (κ1) is 16.6. The molecule has 1 fully saturated rings. The van der Waals surface area contributed by atoms with E-state index < -0.39 is 11.7 Å². The molecule has 2 aromatic rings. The summed E-state index contributed by atoms with van der Waals surface area (Å²) in [7, 11) is 0. The third kappa shape index (κ3) is 3.78. The van der Waals surface area contributed by atoms with E-state index in [2.05, 4.69) is 0 Å². The molecule has 0 amide bonds. The van der Waals surface area contributed by atoms with E-state index in [1.54, 1.807) is 18.2 Å². The van der Waals surface area contributed by atoms with Gasteiger partial charge in [0.05, 0.1) is 5.56 Å². The fourth-order valence-electron chi connectivity index (χ4n) is 2.61. The van der Waals surface area contributed by atoms with Gasteiger partial charge in [-0.2, -0.15) is 13.2 Å². The third-order valence-corrected chi connectivity index (χ3v) is 4.08. The van der Waals surface area contributed by atoms with Crippen LogP contribution in [0.4, 0.5) is 13.2 Å². The van der Waals surface area contributed by atoms with Crippen LogP contribution < -0.4 is 4.74 Å². The Morgan fingerprint density at radius 2 is 1.92 bits per heavy atom. The lowest BCUT2D eigenvalue weighted by molar-refractivity contribution is -0.137. The average Bonchev–Trinajstić information content (AvgIpc) is 3.37. The molecule has 0 heterocycles. The molecule has 0 aromatic heterocycles. The van der Waals surface area contributed by atoms with Gasteiger partial charge in [0.15, 0.2) is 5.78 Å². The van der Waals surface area contributed by atoms with Crippen LogP contribution in [0.25, 0.3) is 0 Å². The molecular formula is C19H17F3O2. The van der Waals surface area contributed by atoms with Crippen molar-refractivity contribution >= 4 is 5.78 Å². The fourth-order valence-corrected chi connectivity index (χ4v) is 2.61. The number of carbonyl (C=O) groups excluding carboxylic acids is 1. The van der Waals surface area contributed by atoms with Gasteiger partial charge < -0.3 is 4.74 Å². The summed E-state index contributed by atoms with van der Waals surface area (Å²) in [5.41, 5.74) is 1.37. The zero-order valence-electron chi connectivity index (χ0n) is 13.2. The predicted octanol–water partition coefficient (Wildman–Crippen LogP) is 5.36. The van der Waals surface area contributed by atoms with E-state index in [-0.39, 0.29) is 18.3 Å². The van der Waals surface area contributed by atoms with Gasteiger partial charge in [0.25, 0.3) is 0 Å². The van der Waals surface area contributed by atoms with Crippen molar-refractivity contribution in [2.45, 2.75) is 38.5 Å². The van der Waals surface area contributed by atoms with Crippen molar-refractivity contribution in [3.63, 3.8) is 0 Å². The molecule has 0 saturated heterocycles. The largest absolute Gasteiger partial charge is 0.489 e. The van der Waals surface area contributed by atoms with E-state index in [0.717, 1.165) is 24.5 Å². The van der Waals surface area contributed by atoms with Crippen molar-refractivity contribution in [3.05, 3.63) is 64.7 Å². The Morgan fingerprint density at radius 1 is 1.17 bits per heavy atom. The van der Waals surface area contributed by atoms with Crippen LogP contribution in [0.1, 0.15) is 52.7 Å². The molecule has 2 nitrogen and oxygen atoms in total. The molecule has 3 rings (SSSR count). The van der Waals surface area contributed by atoms with E-state index in [1.165, 1.54) is 19.1 Å². The van der Waals surface area contributed by atoms with E-state index in [4.69, 9.17) is 4.74 Å². The second-order valence-corrected chi connectivity index (χ2v) is 6.07. The molecular weight excluding hydrogens is 317 g/mol. The number of alkyl halides is 3. The van der Waals surface area contributed by atoms with Gasteiger partial charge in [-0.3, -0.25) is 4.79 Å². The van der Waals surface area contributed by atoms with Gasteiger partial charge >= 0.3 is 6.18 Å². The van der Waals surface area contributed by atoms with Crippen LogP contribution in [-0.2, 0) is 12.8 Å². The zero-order valence-corrected chi connectivity index (χ0v) is 13.2. The Kier molecular flexibility index (Phi) is 4.35. The van der Waals surface area contributed by atoms with Gasteiger partial charge in [-0.25, -0.2) is 0 Å². The van der Waals surface area contributed by atoms with E-state index >= 15 is 0 Å². The molecule has 1 aliphatic carbocycles. The minimum absolute atomic E-state index is 0.0370. The minimum atomic E-state index is -4.35. The van der Waals surface area contributed by atoms with Gasteiger partial charge in [0.1, 0.15) is 12.4 Å². The first-order valence-corrected chi connectivity index (χ1v) is 7.78. The van der Waals surface area contributed by atoms with Crippen molar-refractivity contribution in [2.75, 3.05) is 0 Å². The maximum atomic E-state index is 12.9. The Hall–Kier alpha value is -2.30. The van der Waals surface area contributed by atoms with Gasteiger partial charge in [-0.1, -0.05) is 18.2 Å². The van der Waals surface area contributed by atoms with Gasteiger partial charge in [0, 0.05) is 5.56 Å². The van der Waals surface area contributed by atoms with Crippen LogP contribution in [0.2, 0.25) is 0 Å². The summed E-state index contributed by atoms with van der Waals surface area (Å²) in [5, 5.41) is 0. The summed E-state index contributed by atoms with van der Waals surface area (Å²) in [4.78, 5) is 11.4. The molecule has 0 unspecified atom stereocenters. The summed E-state index contributed by atoms with van der Waals surface area (Å²) in [6, 6.07) is 10.7. The first-order valence-electron chi connectivity index (χ1n) is 7.78. The lowest BCUT2D eigenvalue weighted by atomic mass is 10.1. The summed E-state index contributed by atoms with van der Waals surface area (Å²) < 4.78 is 44.4. The summed E-state index contributed by atoms with van der Waals surface area (Å²) in [6.45, 7) is 1.70. The van der Waals surface area contributed by atoms with E-state index in [0.29, 0.717) is 16.9 Å². The van der Waals surface area contributed by atoms with Crippen LogP contribution in [0.3, 0.4) is 0 Å². The van der Waals surface area contributed by atoms with Crippen LogP contribution >= 0.6 is 0 Å². The molecule has 0 atom stereocenters. The highest BCUT2D eigenvalue weighted by atomic mass is 19.4. The highest BCUT2D eigenvalue weighted by Crippen LogP contribution is 2.46. The Balaban J connectivity index is 1.80. The maximum absolute atomic E-state index is 12.9. The number of ether oxygens (including phenoxy) is 1. The molecule has 2 aromatic carbocycles. The zero-order chi connectivity index (χ0) is 17.3. The summed E-state index contributed by atoms with van der Waals surface area (Å²) in [5.74, 6) is 0.592. The normalized spacial score (nSPS) is 14.5. The molecule has 1 aliphatic rings. The second-order valence-electron chi connectivity index (χ2n) is 6.07. The highest BCUT2D eigenvalue weighted by molar-refractivity contribution is 5.94. The standard InChI is InChI=1S/C19H17F3O2/c1-12(23)15-4-2-3-13(9-15)11-24-18-8-7-16(19(20,21)22)10-17(18)14-5-6-14/h2-4,7-10,14H,5-6,11H2,1H3. The number of hydrogen-bond acceptors (Lipinski definition) is 2. The second kappa shape index (κ2) is 6.30. The number of halogens is 3. The predicted molar refractivity (Wildman–Crippen MR) is 84.2 cm³/mol. The van der Waals surface area contributed by atoms with Crippen LogP contribution in [0, 0.1) is 0 Å². The van der Waals surface area contributed by atoms with Gasteiger partial charge in [-0.05, 0) is 61.1 Å². The van der Waals surface area contributed by atoms with Crippen LogP contribution in [-0.4, -0.2) is 5.78 Å². The molecule has 5 heteroatoms. The molecule has 0 radical (unpaired) electrons. The smallest absolute Gasteiger partial charge is 0.416 e. The Morgan fingerprint density at radius 3 is 2.54 bits per heavy atom. The fraction of sp³-hybridized carbons (Fsp3) is 0.316. The minimum Gasteiger partial charge on any atom is -0.489 e. The summed E-state index contributed by atoms with van der Waals surface area (Å²) >= 11 is 0. The highest BCUT2D eigenvalue weighted by Gasteiger charge is 2.34. The third-order valence-electron chi connectivity index (χ3n) is 4.08. The molecule has 24 heavy (non-hydrogen) atoms. The molecule has 126 valence electrons. The van der Waals surface area contributed by atoms with Crippen LogP contribution in [0.15, 0.2) is 42.5 Å². The van der Waals surface area contributed by atoms with Crippen molar-refractivity contribution < 1.29 is 22.7 Å². The van der Waals surface area contributed by atoms with Gasteiger partial charge in [-0.15, -0.1) is 0 Å². The van der Waals surface area contributed by atoms with Crippen molar-refractivity contribution in [1.29, 1.82) is 0 Å². The van der Waals surface area contributed by atoms with E-state index in [1.807, 2.05) is 6.07 Å². The van der Waals surface area contributed by atoms with Crippen LogP contribution in [0.5, 0.6) is 5.75 Å². The first-order chi connectivity index (χ1) is 11.3. The number of hydrogen-bond donors (Lipinski definition) is 0. The molecule has 0 aliphatic heterocycles. The molecule has 1 saturated carbocycles. The van der Waals surface area contributed by atoms with Gasteiger partial charge in [0.2, 0.25) is 0 Å². The number of rotatable bonds is 5. The molecule has 0 spiro atoms. The van der Waals surface area contributed by atoms with Crippen molar-refractivity contribution in [2.24, 2.45) is 0 Å². The summed E-state index contributed by atoms with van der Waals surface area (Å²) in [6.07, 6.45) is -2.58. The van der Waals surface area contributed by atoms with Crippen molar-refractivity contribution in [3.8, 4) is 5.75 Å². The van der Waals surface area contributed by atoms with Crippen molar-refractivity contribution in [1.82, 2.24) is 0 Å². The Labute approximate surface area is 138 Å². The number of Topliss-reactive ketones (excluding diaryl/α,β-unsaturated/α-hetero) is 1. The average molecular weight is 334 g/mol. The maximum Gasteiger partial charge on any atom is 0.416 e. The SMILES string of the molecule is CC(=O)c1cccc(COc2ccc(C(F)(F)F)cc2C2CC2)c1. The lowest BCUT2D eigenvalue weighted by Gasteiger charge is -2.14.